The second kappa shape index (κ2) is 4.92. The highest BCUT2D eigenvalue weighted by atomic mass is 79.9. The van der Waals surface area contributed by atoms with Crippen molar-refractivity contribution in [1.29, 1.82) is 0 Å². The topological polar surface area (TPSA) is 12.0 Å². The van der Waals surface area contributed by atoms with Crippen LogP contribution in [0.5, 0.6) is 0 Å². The summed E-state index contributed by atoms with van der Waals surface area (Å²) in [7, 11) is 1.99. The molecular formula is C12H12BrNS. The van der Waals surface area contributed by atoms with Gasteiger partial charge < -0.3 is 5.32 Å². The highest BCUT2D eigenvalue weighted by Gasteiger charge is 2.12. The minimum Gasteiger partial charge on any atom is -0.309 e. The first kappa shape index (κ1) is 10.9. The molecule has 1 unspecified atom stereocenters. The predicted molar refractivity (Wildman–Crippen MR) is 69.4 cm³/mol. The summed E-state index contributed by atoms with van der Waals surface area (Å²) in [5.74, 6) is 0. The maximum atomic E-state index is 3.49. The van der Waals surface area contributed by atoms with Gasteiger partial charge >= 0.3 is 0 Å². The largest absolute Gasteiger partial charge is 0.309 e. The summed E-state index contributed by atoms with van der Waals surface area (Å²) in [6, 6.07) is 12.9. The standard InChI is InChI=1S/C12H12BrNS/c1-14-12(9-5-3-2-4-6-9)10-7-11(13)15-8-10/h2-8,12,14H,1H3. The minimum atomic E-state index is 0.286. The Morgan fingerprint density at radius 2 is 1.93 bits per heavy atom. The molecular weight excluding hydrogens is 270 g/mol. The van der Waals surface area contributed by atoms with Gasteiger partial charge in [0, 0.05) is 0 Å². The summed E-state index contributed by atoms with van der Waals surface area (Å²) in [5.41, 5.74) is 2.60. The minimum absolute atomic E-state index is 0.286. The molecule has 1 aromatic heterocycles. The summed E-state index contributed by atoms with van der Waals surface area (Å²) in [4.78, 5) is 0. The highest BCUT2D eigenvalue weighted by molar-refractivity contribution is 9.11. The van der Waals surface area contributed by atoms with E-state index in [1.54, 1.807) is 11.3 Å². The number of rotatable bonds is 3. The van der Waals surface area contributed by atoms with Gasteiger partial charge in [0.25, 0.3) is 0 Å². The van der Waals surface area contributed by atoms with Crippen molar-refractivity contribution in [3.63, 3.8) is 0 Å². The van der Waals surface area contributed by atoms with Crippen LogP contribution in [0.2, 0.25) is 0 Å². The van der Waals surface area contributed by atoms with Crippen molar-refractivity contribution in [2.24, 2.45) is 0 Å². The van der Waals surface area contributed by atoms with Crippen LogP contribution in [0.3, 0.4) is 0 Å². The van der Waals surface area contributed by atoms with Gasteiger partial charge in [-0.2, -0.15) is 0 Å². The highest BCUT2D eigenvalue weighted by Crippen LogP contribution is 2.28. The molecule has 0 saturated carbocycles. The molecule has 0 bridgehead atoms. The van der Waals surface area contributed by atoms with Gasteiger partial charge in [-0.05, 0) is 45.6 Å². The van der Waals surface area contributed by atoms with Crippen LogP contribution >= 0.6 is 27.3 Å². The Balaban J connectivity index is 2.33. The number of hydrogen-bond acceptors (Lipinski definition) is 2. The van der Waals surface area contributed by atoms with Crippen molar-refractivity contribution in [3.8, 4) is 0 Å². The molecule has 0 radical (unpaired) electrons. The summed E-state index contributed by atoms with van der Waals surface area (Å²) in [6.07, 6.45) is 0. The number of thiophene rings is 1. The van der Waals surface area contributed by atoms with E-state index >= 15 is 0 Å². The molecule has 2 rings (SSSR count). The van der Waals surface area contributed by atoms with Crippen LogP contribution in [0, 0.1) is 0 Å². The molecule has 0 aliphatic carbocycles. The molecule has 0 amide bonds. The average Bonchev–Trinajstić information content (AvgIpc) is 2.68. The fourth-order valence-corrected chi connectivity index (χ4v) is 2.85. The van der Waals surface area contributed by atoms with Crippen molar-refractivity contribution in [1.82, 2.24) is 5.32 Å². The van der Waals surface area contributed by atoms with E-state index < -0.39 is 0 Å². The van der Waals surface area contributed by atoms with Crippen LogP contribution in [-0.2, 0) is 0 Å². The Bertz CT molecular complexity index is 424. The van der Waals surface area contributed by atoms with Crippen molar-refractivity contribution in [2.45, 2.75) is 6.04 Å². The van der Waals surface area contributed by atoms with Crippen LogP contribution in [0.1, 0.15) is 17.2 Å². The zero-order valence-corrected chi connectivity index (χ0v) is 10.8. The molecule has 1 heterocycles. The number of halogens is 1. The fraction of sp³-hybridized carbons (Fsp3) is 0.167. The van der Waals surface area contributed by atoms with Gasteiger partial charge in [0.2, 0.25) is 0 Å². The van der Waals surface area contributed by atoms with Gasteiger partial charge in [-0.1, -0.05) is 30.3 Å². The third-order valence-electron chi connectivity index (χ3n) is 2.34. The van der Waals surface area contributed by atoms with Crippen LogP contribution < -0.4 is 5.32 Å². The van der Waals surface area contributed by atoms with E-state index in [1.165, 1.54) is 14.9 Å². The van der Waals surface area contributed by atoms with Gasteiger partial charge in [-0.15, -0.1) is 11.3 Å². The fourth-order valence-electron chi connectivity index (χ4n) is 1.65. The molecule has 0 saturated heterocycles. The quantitative estimate of drug-likeness (QED) is 0.902. The molecule has 78 valence electrons. The van der Waals surface area contributed by atoms with Gasteiger partial charge in [0.1, 0.15) is 0 Å². The van der Waals surface area contributed by atoms with E-state index in [1.807, 2.05) is 13.1 Å². The monoisotopic (exact) mass is 281 g/mol. The molecule has 1 nitrogen and oxygen atoms in total. The maximum absolute atomic E-state index is 3.49. The van der Waals surface area contributed by atoms with Crippen molar-refractivity contribution >= 4 is 27.3 Å². The van der Waals surface area contributed by atoms with Crippen LogP contribution in [0.4, 0.5) is 0 Å². The smallest absolute Gasteiger partial charge is 0.0701 e. The van der Waals surface area contributed by atoms with Crippen LogP contribution in [0.25, 0.3) is 0 Å². The summed E-state index contributed by atoms with van der Waals surface area (Å²) >= 11 is 5.21. The van der Waals surface area contributed by atoms with Gasteiger partial charge in [0.15, 0.2) is 0 Å². The molecule has 2 aromatic rings. The Kier molecular flexibility index (Phi) is 3.57. The molecule has 0 aliphatic rings. The number of nitrogens with one attached hydrogen (secondary N) is 1. The zero-order valence-electron chi connectivity index (χ0n) is 8.41. The molecule has 0 spiro atoms. The third kappa shape index (κ3) is 2.48. The molecule has 1 N–H and O–H groups in total. The summed E-state index contributed by atoms with van der Waals surface area (Å²) in [5, 5.41) is 5.51. The molecule has 3 heteroatoms. The van der Waals surface area contributed by atoms with E-state index in [4.69, 9.17) is 0 Å². The number of benzene rings is 1. The lowest BCUT2D eigenvalue weighted by Crippen LogP contribution is -2.16. The van der Waals surface area contributed by atoms with Crippen molar-refractivity contribution < 1.29 is 0 Å². The molecule has 1 aromatic carbocycles. The first-order valence-electron chi connectivity index (χ1n) is 4.77. The molecule has 1 atom stereocenters. The zero-order chi connectivity index (χ0) is 10.7. The lowest BCUT2D eigenvalue weighted by Gasteiger charge is -2.14. The first-order chi connectivity index (χ1) is 7.31. The predicted octanol–water partition coefficient (Wildman–Crippen LogP) is 3.82. The van der Waals surface area contributed by atoms with E-state index in [2.05, 4.69) is 57.0 Å². The van der Waals surface area contributed by atoms with Crippen LogP contribution in [-0.4, -0.2) is 7.05 Å². The van der Waals surface area contributed by atoms with E-state index in [9.17, 15) is 0 Å². The summed E-state index contributed by atoms with van der Waals surface area (Å²) < 4.78 is 1.17. The first-order valence-corrected chi connectivity index (χ1v) is 6.44. The van der Waals surface area contributed by atoms with E-state index in [-0.39, 0.29) is 6.04 Å². The maximum Gasteiger partial charge on any atom is 0.0701 e. The van der Waals surface area contributed by atoms with Crippen molar-refractivity contribution in [3.05, 3.63) is 56.7 Å². The van der Waals surface area contributed by atoms with E-state index in [0.29, 0.717) is 0 Å². The second-order valence-corrected chi connectivity index (χ2v) is 5.61. The van der Waals surface area contributed by atoms with Gasteiger partial charge in [0.05, 0.1) is 9.83 Å². The Morgan fingerprint density at radius 3 is 2.47 bits per heavy atom. The SMILES string of the molecule is CNC(c1ccccc1)c1csc(Br)c1. The van der Waals surface area contributed by atoms with Gasteiger partial charge in [-0.3, -0.25) is 0 Å². The Labute approximate surface area is 102 Å². The second-order valence-electron chi connectivity index (χ2n) is 3.32. The molecule has 15 heavy (non-hydrogen) atoms. The number of hydrogen-bond donors (Lipinski definition) is 1. The van der Waals surface area contributed by atoms with Crippen molar-refractivity contribution in [2.75, 3.05) is 7.05 Å². The Hall–Kier alpha value is -0.640. The molecule has 0 aliphatic heterocycles. The lowest BCUT2D eigenvalue weighted by molar-refractivity contribution is 0.694. The van der Waals surface area contributed by atoms with E-state index in [0.717, 1.165) is 0 Å². The summed E-state index contributed by atoms with van der Waals surface area (Å²) in [6.45, 7) is 0. The lowest BCUT2D eigenvalue weighted by atomic mass is 10.0. The molecule has 0 fully saturated rings. The average molecular weight is 282 g/mol. The van der Waals surface area contributed by atoms with Crippen LogP contribution in [0.15, 0.2) is 45.6 Å². The third-order valence-corrected chi connectivity index (χ3v) is 3.87. The van der Waals surface area contributed by atoms with Gasteiger partial charge in [-0.25, -0.2) is 0 Å². The Morgan fingerprint density at radius 1 is 1.20 bits per heavy atom. The normalized spacial score (nSPS) is 12.7.